The minimum atomic E-state index is -4.50. The van der Waals surface area contributed by atoms with Crippen molar-refractivity contribution in [1.82, 2.24) is 4.90 Å². The quantitative estimate of drug-likeness (QED) is 0.911. The van der Waals surface area contributed by atoms with Gasteiger partial charge in [-0.3, -0.25) is 4.79 Å². The Kier molecular flexibility index (Phi) is 5.48. The van der Waals surface area contributed by atoms with Crippen LogP contribution in [0.3, 0.4) is 0 Å². The van der Waals surface area contributed by atoms with Crippen molar-refractivity contribution in [1.29, 1.82) is 0 Å². The minimum Gasteiger partial charge on any atom is -0.480 e. The van der Waals surface area contributed by atoms with Crippen LogP contribution in [0.15, 0.2) is 24.3 Å². The number of rotatable bonds is 4. The van der Waals surface area contributed by atoms with E-state index in [0.717, 1.165) is 6.07 Å². The minimum absolute atomic E-state index is 0.0264. The number of aliphatic carboxylic acids is 1. The average molecular weight is 345 g/mol. The molecule has 0 aromatic heterocycles. The molecule has 132 valence electrons. The summed E-state index contributed by atoms with van der Waals surface area (Å²) < 4.78 is 44.3. The second-order valence-corrected chi connectivity index (χ2v) is 5.71. The molecule has 1 aliphatic rings. The van der Waals surface area contributed by atoms with Gasteiger partial charge in [-0.25, -0.2) is 4.79 Å². The predicted octanol–water partition coefficient (Wildman–Crippen LogP) is 2.51. The van der Waals surface area contributed by atoms with Gasteiger partial charge < -0.3 is 14.7 Å². The molecule has 5 nitrogen and oxygen atoms in total. The van der Waals surface area contributed by atoms with E-state index in [9.17, 15) is 22.8 Å². The summed E-state index contributed by atoms with van der Waals surface area (Å²) >= 11 is 0. The third-order valence-electron chi connectivity index (χ3n) is 4.01. The molecule has 1 aromatic rings. The topological polar surface area (TPSA) is 66.8 Å². The second kappa shape index (κ2) is 7.21. The van der Waals surface area contributed by atoms with Crippen LogP contribution in [-0.4, -0.2) is 47.7 Å². The second-order valence-electron chi connectivity index (χ2n) is 5.71. The summed E-state index contributed by atoms with van der Waals surface area (Å²) in [6.45, 7) is 1.74. The summed E-state index contributed by atoms with van der Waals surface area (Å²) in [5.74, 6) is -2.37. The van der Waals surface area contributed by atoms with Gasteiger partial charge in [0.05, 0.1) is 18.8 Å². The molecule has 1 amide bonds. The zero-order valence-electron chi connectivity index (χ0n) is 13.0. The molecular weight excluding hydrogens is 327 g/mol. The Labute approximate surface area is 137 Å². The number of carboxylic acids is 1. The molecule has 24 heavy (non-hydrogen) atoms. The first kappa shape index (κ1) is 18.3. The molecule has 1 fully saturated rings. The van der Waals surface area contributed by atoms with Crippen molar-refractivity contribution in [3.8, 4) is 0 Å². The zero-order chi connectivity index (χ0) is 17.9. The number of nitrogens with zero attached hydrogens (tertiary/aromatic N) is 1. The summed E-state index contributed by atoms with van der Waals surface area (Å²) in [7, 11) is 0. The van der Waals surface area contributed by atoms with Crippen LogP contribution in [0.1, 0.15) is 30.4 Å². The van der Waals surface area contributed by atoms with E-state index in [4.69, 9.17) is 9.84 Å². The highest BCUT2D eigenvalue weighted by Crippen LogP contribution is 2.36. The number of benzene rings is 1. The SMILES string of the molecule is C[C@H](CC(=O)N1CCOC[C@@H]1C(=O)O)c1ccccc1C(F)(F)F. The van der Waals surface area contributed by atoms with Crippen LogP contribution >= 0.6 is 0 Å². The molecule has 2 atom stereocenters. The summed E-state index contributed by atoms with van der Waals surface area (Å²) in [5, 5.41) is 9.14. The van der Waals surface area contributed by atoms with Gasteiger partial charge in [-0.15, -0.1) is 0 Å². The summed E-state index contributed by atoms with van der Waals surface area (Å²) in [5.41, 5.74) is -0.749. The lowest BCUT2D eigenvalue weighted by atomic mass is 9.92. The smallest absolute Gasteiger partial charge is 0.416 e. The van der Waals surface area contributed by atoms with Crippen LogP contribution in [0.4, 0.5) is 13.2 Å². The van der Waals surface area contributed by atoms with E-state index in [1.165, 1.54) is 30.0 Å². The molecular formula is C16H18F3NO4. The average Bonchev–Trinajstić information content (AvgIpc) is 2.53. The van der Waals surface area contributed by atoms with E-state index in [1.807, 2.05) is 0 Å². The lowest BCUT2D eigenvalue weighted by Crippen LogP contribution is -2.52. The van der Waals surface area contributed by atoms with Gasteiger partial charge in [0.2, 0.25) is 5.91 Å². The third kappa shape index (κ3) is 4.05. The van der Waals surface area contributed by atoms with Gasteiger partial charge in [0.15, 0.2) is 6.04 Å². The van der Waals surface area contributed by atoms with E-state index in [0.29, 0.717) is 0 Å². The number of hydrogen-bond acceptors (Lipinski definition) is 3. The van der Waals surface area contributed by atoms with E-state index in [2.05, 4.69) is 0 Å². The predicted molar refractivity (Wildman–Crippen MR) is 78.4 cm³/mol. The van der Waals surface area contributed by atoms with Crippen LogP contribution in [0.5, 0.6) is 0 Å². The molecule has 0 spiro atoms. The fourth-order valence-corrected chi connectivity index (χ4v) is 2.78. The number of carboxylic acid groups (broad SMARTS) is 1. The Morgan fingerprint density at radius 1 is 1.38 bits per heavy atom. The number of halogens is 3. The van der Waals surface area contributed by atoms with E-state index >= 15 is 0 Å². The molecule has 1 heterocycles. The monoisotopic (exact) mass is 345 g/mol. The zero-order valence-corrected chi connectivity index (χ0v) is 13.0. The maximum atomic E-state index is 13.1. The molecule has 8 heteroatoms. The van der Waals surface area contributed by atoms with Gasteiger partial charge in [-0.2, -0.15) is 13.2 Å². The molecule has 1 N–H and O–H groups in total. The maximum Gasteiger partial charge on any atom is 0.416 e. The largest absolute Gasteiger partial charge is 0.480 e. The fourth-order valence-electron chi connectivity index (χ4n) is 2.78. The van der Waals surface area contributed by atoms with Crippen molar-refractivity contribution in [2.24, 2.45) is 0 Å². The molecule has 2 rings (SSSR count). The first-order valence-electron chi connectivity index (χ1n) is 7.48. The Balaban J connectivity index is 2.16. The first-order chi connectivity index (χ1) is 11.2. The third-order valence-corrected chi connectivity index (χ3v) is 4.01. The van der Waals surface area contributed by atoms with Crippen molar-refractivity contribution in [3.05, 3.63) is 35.4 Å². The molecule has 1 aromatic carbocycles. The van der Waals surface area contributed by atoms with Crippen LogP contribution in [0.25, 0.3) is 0 Å². The van der Waals surface area contributed by atoms with Gasteiger partial charge in [0.1, 0.15) is 0 Å². The highest BCUT2D eigenvalue weighted by Gasteiger charge is 2.36. The van der Waals surface area contributed by atoms with Gasteiger partial charge in [0, 0.05) is 13.0 Å². The first-order valence-corrected chi connectivity index (χ1v) is 7.48. The van der Waals surface area contributed by atoms with Crippen LogP contribution in [-0.2, 0) is 20.5 Å². The highest BCUT2D eigenvalue weighted by molar-refractivity contribution is 5.84. The van der Waals surface area contributed by atoms with Crippen molar-refractivity contribution in [2.45, 2.75) is 31.5 Å². The maximum absolute atomic E-state index is 13.1. The Morgan fingerprint density at radius 2 is 2.04 bits per heavy atom. The van der Waals surface area contributed by atoms with Gasteiger partial charge in [-0.1, -0.05) is 25.1 Å². The van der Waals surface area contributed by atoms with Crippen molar-refractivity contribution in [2.75, 3.05) is 19.8 Å². The van der Waals surface area contributed by atoms with E-state index in [1.54, 1.807) is 0 Å². The van der Waals surface area contributed by atoms with Crippen molar-refractivity contribution < 1.29 is 32.6 Å². The van der Waals surface area contributed by atoms with Gasteiger partial charge in [0.25, 0.3) is 0 Å². The Bertz CT molecular complexity index is 618. The number of morpholine rings is 1. The molecule has 1 saturated heterocycles. The van der Waals surface area contributed by atoms with Crippen LogP contribution < -0.4 is 0 Å². The lowest BCUT2D eigenvalue weighted by molar-refractivity contribution is -0.158. The summed E-state index contributed by atoms with van der Waals surface area (Å²) in [6, 6.07) is 4.00. The number of amides is 1. The highest BCUT2D eigenvalue weighted by atomic mass is 19.4. The normalized spacial score (nSPS) is 19.8. The molecule has 0 radical (unpaired) electrons. The molecule has 1 aliphatic heterocycles. The number of carbonyl (C=O) groups excluding carboxylic acids is 1. The fraction of sp³-hybridized carbons (Fsp3) is 0.500. The van der Waals surface area contributed by atoms with Gasteiger partial charge in [-0.05, 0) is 17.5 Å². The summed E-state index contributed by atoms with van der Waals surface area (Å²) in [6.07, 6.45) is -4.70. The molecule has 0 aliphatic carbocycles. The molecule has 0 saturated carbocycles. The van der Waals surface area contributed by atoms with Gasteiger partial charge >= 0.3 is 12.1 Å². The Hall–Kier alpha value is -2.09. The lowest BCUT2D eigenvalue weighted by Gasteiger charge is -2.33. The number of hydrogen-bond donors (Lipinski definition) is 1. The van der Waals surface area contributed by atoms with E-state index < -0.39 is 35.6 Å². The standard InChI is InChI=1S/C16H18F3NO4/c1-10(11-4-2-3-5-12(11)16(17,18)19)8-14(21)20-6-7-24-9-13(20)15(22)23/h2-5,10,13H,6-9H2,1H3,(H,22,23)/t10-,13-/m1/s1. The number of ether oxygens (including phenoxy) is 1. The molecule has 0 unspecified atom stereocenters. The van der Waals surface area contributed by atoms with Crippen LogP contribution in [0.2, 0.25) is 0 Å². The molecule has 0 bridgehead atoms. The number of alkyl halides is 3. The number of carbonyl (C=O) groups is 2. The Morgan fingerprint density at radius 3 is 2.67 bits per heavy atom. The van der Waals surface area contributed by atoms with E-state index in [-0.39, 0.29) is 31.7 Å². The van der Waals surface area contributed by atoms with Crippen molar-refractivity contribution >= 4 is 11.9 Å². The summed E-state index contributed by atoms with van der Waals surface area (Å²) in [4.78, 5) is 24.7. The van der Waals surface area contributed by atoms with Crippen LogP contribution in [0, 0.1) is 0 Å². The van der Waals surface area contributed by atoms with Crippen molar-refractivity contribution in [3.63, 3.8) is 0 Å².